The summed E-state index contributed by atoms with van der Waals surface area (Å²) in [5.41, 5.74) is 1.53. The van der Waals surface area contributed by atoms with Crippen molar-refractivity contribution in [3.05, 3.63) is 64.7 Å². The van der Waals surface area contributed by atoms with Gasteiger partial charge in [-0.2, -0.15) is 0 Å². The molecule has 136 valence electrons. The zero-order valence-corrected chi connectivity index (χ0v) is 15.2. The summed E-state index contributed by atoms with van der Waals surface area (Å²) >= 11 is 5.89. The number of carbonyl (C=O) groups excluding carboxylic acids is 2. The molecule has 1 amide bonds. The van der Waals surface area contributed by atoms with Crippen molar-refractivity contribution < 1.29 is 19.1 Å². The van der Waals surface area contributed by atoms with Crippen molar-refractivity contribution in [2.75, 3.05) is 20.3 Å². The first-order valence-corrected chi connectivity index (χ1v) is 8.76. The van der Waals surface area contributed by atoms with Crippen LogP contribution in [0.2, 0.25) is 5.02 Å². The third-order valence-electron chi connectivity index (χ3n) is 4.34. The Morgan fingerprint density at radius 2 is 1.85 bits per heavy atom. The van der Waals surface area contributed by atoms with Crippen LogP contribution in [-0.4, -0.2) is 37.0 Å². The van der Waals surface area contributed by atoms with E-state index >= 15 is 0 Å². The molecule has 2 aromatic carbocycles. The van der Waals surface area contributed by atoms with Crippen molar-refractivity contribution in [2.24, 2.45) is 5.92 Å². The number of likely N-dealkylation sites (tertiary alicyclic amines) is 1. The summed E-state index contributed by atoms with van der Waals surface area (Å²) in [6.07, 6.45) is 0.480. The van der Waals surface area contributed by atoms with Crippen LogP contribution in [0.4, 0.5) is 0 Å². The molecule has 1 unspecified atom stereocenters. The lowest BCUT2D eigenvalue weighted by Gasteiger charge is -2.17. The minimum atomic E-state index is -0.379. The maximum Gasteiger partial charge on any atom is 0.337 e. The Morgan fingerprint density at radius 3 is 2.50 bits per heavy atom. The SMILES string of the molecule is COC(=O)c1ccc(OCC2CC(=O)N(Cc3ccc(Cl)cc3)C2)cc1. The van der Waals surface area contributed by atoms with Crippen LogP contribution in [0.1, 0.15) is 22.3 Å². The molecule has 6 heteroatoms. The third kappa shape index (κ3) is 4.55. The van der Waals surface area contributed by atoms with Crippen LogP contribution in [0, 0.1) is 5.92 Å². The second kappa shape index (κ2) is 8.23. The molecular weight excluding hydrogens is 354 g/mol. The number of nitrogens with zero attached hydrogens (tertiary/aromatic N) is 1. The van der Waals surface area contributed by atoms with E-state index in [1.807, 2.05) is 29.2 Å². The molecule has 26 heavy (non-hydrogen) atoms. The van der Waals surface area contributed by atoms with Crippen LogP contribution in [-0.2, 0) is 16.1 Å². The molecule has 1 heterocycles. The Labute approximate surface area is 157 Å². The third-order valence-corrected chi connectivity index (χ3v) is 4.59. The summed E-state index contributed by atoms with van der Waals surface area (Å²) in [6.45, 7) is 1.71. The van der Waals surface area contributed by atoms with Crippen LogP contribution in [0.15, 0.2) is 48.5 Å². The Morgan fingerprint density at radius 1 is 1.15 bits per heavy atom. The highest BCUT2D eigenvalue weighted by Crippen LogP contribution is 2.22. The van der Waals surface area contributed by atoms with E-state index in [1.165, 1.54) is 7.11 Å². The predicted octanol–water partition coefficient (Wildman–Crippen LogP) is 3.55. The van der Waals surface area contributed by atoms with E-state index in [-0.39, 0.29) is 17.8 Å². The minimum absolute atomic E-state index is 0.134. The molecular formula is C20H20ClNO4. The molecule has 2 aromatic rings. The summed E-state index contributed by atoms with van der Waals surface area (Å²) in [7, 11) is 1.35. The van der Waals surface area contributed by atoms with E-state index < -0.39 is 0 Å². The number of rotatable bonds is 6. The number of ether oxygens (including phenoxy) is 2. The van der Waals surface area contributed by atoms with E-state index in [0.717, 1.165) is 5.56 Å². The normalized spacial score (nSPS) is 16.6. The van der Waals surface area contributed by atoms with Crippen molar-refractivity contribution in [3.8, 4) is 5.75 Å². The van der Waals surface area contributed by atoms with Gasteiger partial charge in [-0.25, -0.2) is 4.79 Å². The van der Waals surface area contributed by atoms with E-state index in [1.54, 1.807) is 24.3 Å². The van der Waals surface area contributed by atoms with Crippen molar-refractivity contribution >= 4 is 23.5 Å². The topological polar surface area (TPSA) is 55.8 Å². The Bertz CT molecular complexity index is 773. The molecule has 0 radical (unpaired) electrons. The van der Waals surface area contributed by atoms with Crippen molar-refractivity contribution in [2.45, 2.75) is 13.0 Å². The Balaban J connectivity index is 1.51. The van der Waals surface area contributed by atoms with Crippen LogP contribution in [0.25, 0.3) is 0 Å². The second-order valence-electron chi connectivity index (χ2n) is 6.30. The van der Waals surface area contributed by atoms with Gasteiger partial charge in [-0.15, -0.1) is 0 Å². The zero-order chi connectivity index (χ0) is 18.5. The highest BCUT2D eigenvalue weighted by atomic mass is 35.5. The van der Waals surface area contributed by atoms with Gasteiger partial charge in [-0.05, 0) is 42.0 Å². The van der Waals surface area contributed by atoms with Gasteiger partial charge in [0.1, 0.15) is 5.75 Å². The summed E-state index contributed by atoms with van der Waals surface area (Å²) in [5.74, 6) is 0.571. The van der Waals surface area contributed by atoms with E-state index in [9.17, 15) is 9.59 Å². The fourth-order valence-electron chi connectivity index (χ4n) is 2.95. The second-order valence-corrected chi connectivity index (χ2v) is 6.73. The molecule has 1 fully saturated rings. The molecule has 0 aromatic heterocycles. The molecule has 1 aliphatic heterocycles. The Hall–Kier alpha value is -2.53. The number of hydrogen-bond donors (Lipinski definition) is 0. The van der Waals surface area contributed by atoms with Crippen LogP contribution in [0.5, 0.6) is 5.75 Å². The smallest absolute Gasteiger partial charge is 0.337 e. The maximum atomic E-state index is 12.2. The molecule has 0 N–H and O–H groups in total. The average molecular weight is 374 g/mol. The summed E-state index contributed by atoms with van der Waals surface area (Å²) in [4.78, 5) is 25.5. The van der Waals surface area contributed by atoms with E-state index in [0.29, 0.717) is 42.5 Å². The van der Waals surface area contributed by atoms with Crippen molar-refractivity contribution in [1.29, 1.82) is 0 Å². The predicted molar refractivity (Wildman–Crippen MR) is 98.3 cm³/mol. The van der Waals surface area contributed by atoms with Crippen LogP contribution in [0.3, 0.4) is 0 Å². The van der Waals surface area contributed by atoms with Gasteiger partial charge >= 0.3 is 5.97 Å². The molecule has 5 nitrogen and oxygen atoms in total. The highest BCUT2D eigenvalue weighted by molar-refractivity contribution is 6.30. The summed E-state index contributed by atoms with van der Waals surface area (Å²) < 4.78 is 10.4. The highest BCUT2D eigenvalue weighted by Gasteiger charge is 2.30. The van der Waals surface area contributed by atoms with Gasteiger partial charge in [0.2, 0.25) is 5.91 Å². The molecule has 0 spiro atoms. The molecule has 0 bridgehead atoms. The lowest BCUT2D eigenvalue weighted by Crippen LogP contribution is -2.25. The number of benzene rings is 2. The van der Waals surface area contributed by atoms with Gasteiger partial charge in [0.25, 0.3) is 0 Å². The zero-order valence-electron chi connectivity index (χ0n) is 14.5. The number of esters is 1. The quantitative estimate of drug-likeness (QED) is 0.726. The molecule has 0 aliphatic carbocycles. The van der Waals surface area contributed by atoms with Crippen molar-refractivity contribution in [1.82, 2.24) is 4.90 Å². The van der Waals surface area contributed by atoms with Gasteiger partial charge in [0, 0.05) is 30.5 Å². The number of hydrogen-bond acceptors (Lipinski definition) is 4. The fourth-order valence-corrected chi connectivity index (χ4v) is 3.07. The first kappa shape index (κ1) is 18.3. The van der Waals surface area contributed by atoms with Gasteiger partial charge in [-0.1, -0.05) is 23.7 Å². The molecule has 1 aliphatic rings. The lowest BCUT2D eigenvalue weighted by molar-refractivity contribution is -0.128. The van der Waals surface area contributed by atoms with Gasteiger partial charge in [-0.3, -0.25) is 4.79 Å². The summed E-state index contributed by atoms with van der Waals surface area (Å²) in [5, 5.41) is 0.686. The Kier molecular flexibility index (Phi) is 5.78. The molecule has 0 saturated carbocycles. The molecule has 1 atom stereocenters. The van der Waals surface area contributed by atoms with Crippen LogP contribution >= 0.6 is 11.6 Å². The fraction of sp³-hybridized carbons (Fsp3) is 0.300. The molecule has 3 rings (SSSR count). The van der Waals surface area contributed by atoms with Gasteiger partial charge in [0.15, 0.2) is 0 Å². The number of methoxy groups -OCH3 is 1. The molecule has 1 saturated heterocycles. The average Bonchev–Trinajstić information content (AvgIpc) is 3.01. The van der Waals surface area contributed by atoms with Crippen molar-refractivity contribution in [3.63, 3.8) is 0 Å². The standard InChI is InChI=1S/C20H20ClNO4/c1-25-20(24)16-4-8-18(9-5-16)26-13-15-10-19(23)22(12-15)11-14-2-6-17(21)7-3-14/h2-9,15H,10-13H2,1H3. The van der Waals surface area contributed by atoms with Crippen LogP contribution < -0.4 is 4.74 Å². The van der Waals surface area contributed by atoms with Gasteiger partial charge < -0.3 is 14.4 Å². The van der Waals surface area contributed by atoms with Gasteiger partial charge in [0.05, 0.1) is 19.3 Å². The first-order valence-electron chi connectivity index (χ1n) is 8.38. The number of halogens is 1. The number of amides is 1. The minimum Gasteiger partial charge on any atom is -0.493 e. The first-order chi connectivity index (χ1) is 12.5. The van der Waals surface area contributed by atoms with E-state index in [2.05, 4.69) is 4.74 Å². The van der Waals surface area contributed by atoms with E-state index in [4.69, 9.17) is 16.3 Å². The largest absolute Gasteiger partial charge is 0.493 e. The lowest BCUT2D eigenvalue weighted by atomic mass is 10.1. The monoisotopic (exact) mass is 373 g/mol. The number of carbonyl (C=O) groups is 2. The summed E-state index contributed by atoms with van der Waals surface area (Å²) in [6, 6.07) is 14.3. The maximum absolute atomic E-state index is 12.2.